The van der Waals surface area contributed by atoms with E-state index < -0.39 is 7.81 Å². The zero-order valence-corrected chi connectivity index (χ0v) is 12.2. The van der Waals surface area contributed by atoms with Crippen LogP contribution in [-0.4, -0.2) is 0 Å². The standard InChI is InChI=1S/C10H14S.F6P/c1-6-5-10(11)9(4)8(3)7(6)2;1-7(2,3,4,5)6/h5,11H,1-4H3;/q;-1/p+1. The first-order valence-corrected chi connectivity index (χ1v) is 7.37. The summed E-state index contributed by atoms with van der Waals surface area (Å²) in [5.41, 5.74) is 5.52. The number of hydrogen-bond acceptors (Lipinski definition) is 0. The molecule has 0 aliphatic rings. The van der Waals surface area contributed by atoms with Crippen LogP contribution in [0.15, 0.2) is 11.0 Å². The van der Waals surface area contributed by atoms with Crippen molar-refractivity contribution in [3.8, 4) is 0 Å². The van der Waals surface area contributed by atoms with Gasteiger partial charge in [0.2, 0.25) is 0 Å². The Hall–Kier alpha value is -0.420. The molecule has 0 saturated heterocycles. The molecule has 0 amide bonds. The molecule has 1 rings (SSSR count). The van der Waals surface area contributed by atoms with Crippen molar-refractivity contribution in [1.82, 2.24) is 0 Å². The molecule has 0 aliphatic heterocycles. The zero-order valence-electron chi connectivity index (χ0n) is 10.3. The third-order valence-corrected chi connectivity index (χ3v) is 3.00. The molecule has 0 atom stereocenters. The molecule has 108 valence electrons. The van der Waals surface area contributed by atoms with Gasteiger partial charge in [-0.2, -0.15) is 0 Å². The second kappa shape index (κ2) is 4.30. The SMILES string of the molecule is Cc1cc([SH2+])c(C)c(C)c1C.F[P-](F)(F)(F)(F)F. The van der Waals surface area contributed by atoms with Crippen LogP contribution in [0.4, 0.5) is 25.2 Å². The quantitative estimate of drug-likeness (QED) is 0.329. The van der Waals surface area contributed by atoms with Crippen LogP contribution in [-0.2, 0) is 12.6 Å². The van der Waals surface area contributed by atoms with Crippen LogP contribution in [0.3, 0.4) is 0 Å². The van der Waals surface area contributed by atoms with Crippen molar-refractivity contribution >= 4 is 20.4 Å². The topological polar surface area (TPSA) is 0 Å². The van der Waals surface area contributed by atoms with E-state index in [0.29, 0.717) is 0 Å². The molecule has 18 heavy (non-hydrogen) atoms. The van der Waals surface area contributed by atoms with Gasteiger partial charge in [0.15, 0.2) is 4.90 Å². The van der Waals surface area contributed by atoms with E-state index in [0.717, 1.165) is 0 Å². The monoisotopic (exact) mass is 312 g/mol. The molecule has 0 bridgehead atoms. The fourth-order valence-corrected chi connectivity index (χ4v) is 1.62. The summed E-state index contributed by atoms with van der Waals surface area (Å²) in [7, 11) is -10.7. The summed E-state index contributed by atoms with van der Waals surface area (Å²) in [6, 6.07) is 2.18. The molecule has 0 spiro atoms. The van der Waals surface area contributed by atoms with Gasteiger partial charge >= 0.3 is 33.0 Å². The van der Waals surface area contributed by atoms with Gasteiger partial charge in [0, 0.05) is 5.56 Å². The fourth-order valence-electron chi connectivity index (χ4n) is 1.21. The molecule has 0 radical (unpaired) electrons. The Kier molecular flexibility index (Phi) is 4.20. The Labute approximate surface area is 107 Å². The van der Waals surface area contributed by atoms with Gasteiger partial charge in [-0.1, -0.05) is 0 Å². The van der Waals surface area contributed by atoms with Crippen LogP contribution in [0.1, 0.15) is 22.3 Å². The second-order valence-corrected chi connectivity index (χ2v) is 6.53. The van der Waals surface area contributed by atoms with Crippen LogP contribution in [0.25, 0.3) is 0 Å². The molecule has 0 nitrogen and oxygen atoms in total. The first kappa shape index (κ1) is 17.6. The Morgan fingerprint density at radius 1 is 0.778 bits per heavy atom. The average Bonchev–Trinajstić information content (AvgIpc) is 2.06. The van der Waals surface area contributed by atoms with E-state index in [-0.39, 0.29) is 0 Å². The number of halogens is 6. The molecule has 0 aliphatic carbocycles. The van der Waals surface area contributed by atoms with E-state index in [4.69, 9.17) is 0 Å². The summed E-state index contributed by atoms with van der Waals surface area (Å²) < 4.78 is 59.2. The molecule has 0 N–H and O–H groups in total. The number of benzene rings is 1. The summed E-state index contributed by atoms with van der Waals surface area (Å²) in [6.07, 6.45) is 0. The van der Waals surface area contributed by atoms with Crippen LogP contribution < -0.4 is 0 Å². The summed E-state index contributed by atoms with van der Waals surface area (Å²) in [5.74, 6) is 0. The first-order valence-electron chi connectivity index (χ1n) is 4.84. The van der Waals surface area contributed by atoms with Gasteiger partial charge in [-0.3, -0.25) is 0 Å². The average molecular weight is 312 g/mol. The summed E-state index contributed by atoms with van der Waals surface area (Å²) >= 11 is 3.58. The fraction of sp³-hybridized carbons (Fsp3) is 0.400. The Morgan fingerprint density at radius 2 is 1.11 bits per heavy atom. The minimum atomic E-state index is -10.7. The van der Waals surface area contributed by atoms with E-state index in [1.165, 1.54) is 27.1 Å². The van der Waals surface area contributed by atoms with Crippen molar-refractivity contribution in [3.05, 3.63) is 28.3 Å². The minimum absolute atomic E-state index is 1.21. The van der Waals surface area contributed by atoms with Gasteiger partial charge in [0.05, 0.1) is 0 Å². The van der Waals surface area contributed by atoms with Gasteiger partial charge in [-0.05, 0) is 63.1 Å². The third-order valence-electron chi connectivity index (χ3n) is 2.48. The van der Waals surface area contributed by atoms with Crippen molar-refractivity contribution < 1.29 is 25.2 Å². The van der Waals surface area contributed by atoms with E-state index in [1.54, 1.807) is 0 Å². The maximum atomic E-state index is 9.87. The molecule has 0 aromatic heterocycles. The summed E-state index contributed by atoms with van der Waals surface area (Å²) in [5, 5.41) is 0. The molecular weight excluding hydrogens is 297 g/mol. The molecule has 1 aromatic rings. The Bertz CT molecular complexity index is 425. The van der Waals surface area contributed by atoms with Gasteiger partial charge in [-0.25, -0.2) is 0 Å². The molecular formula is C10H15F6PS. The molecule has 0 fully saturated rings. The van der Waals surface area contributed by atoms with Crippen LogP contribution in [0, 0.1) is 27.7 Å². The van der Waals surface area contributed by atoms with Gasteiger partial charge in [0.1, 0.15) is 0 Å². The first-order chi connectivity index (χ1) is 7.49. The van der Waals surface area contributed by atoms with E-state index in [9.17, 15) is 25.2 Å². The van der Waals surface area contributed by atoms with Crippen molar-refractivity contribution in [1.29, 1.82) is 0 Å². The molecule has 0 unspecified atom stereocenters. The van der Waals surface area contributed by atoms with Gasteiger partial charge in [-0.15, -0.1) is 0 Å². The van der Waals surface area contributed by atoms with Crippen molar-refractivity contribution in [3.63, 3.8) is 0 Å². The molecule has 0 heterocycles. The molecule has 0 saturated carbocycles. The van der Waals surface area contributed by atoms with E-state index >= 15 is 0 Å². The van der Waals surface area contributed by atoms with Crippen molar-refractivity contribution in [2.75, 3.05) is 0 Å². The van der Waals surface area contributed by atoms with Crippen molar-refractivity contribution in [2.45, 2.75) is 32.6 Å². The zero-order chi connectivity index (χ0) is 15.0. The van der Waals surface area contributed by atoms with E-state index in [1.807, 2.05) is 0 Å². The maximum absolute atomic E-state index is 10.7. The third kappa shape index (κ3) is 8.64. The normalized spacial score (nSPS) is 15.3. The molecule has 8 heteroatoms. The predicted octanol–water partition coefficient (Wildman–Crippen LogP) is 5.67. The van der Waals surface area contributed by atoms with Crippen LogP contribution in [0.5, 0.6) is 0 Å². The van der Waals surface area contributed by atoms with E-state index in [2.05, 4.69) is 46.4 Å². The number of aryl methyl sites for hydroxylation is 1. The summed E-state index contributed by atoms with van der Waals surface area (Å²) in [6.45, 7) is 8.63. The van der Waals surface area contributed by atoms with Crippen LogP contribution >= 0.6 is 7.81 Å². The van der Waals surface area contributed by atoms with Gasteiger partial charge in [0.25, 0.3) is 0 Å². The second-order valence-electron chi connectivity index (χ2n) is 4.07. The van der Waals surface area contributed by atoms with Crippen molar-refractivity contribution in [2.24, 2.45) is 0 Å². The number of hydrogen-bond donors (Lipinski definition) is 0. The Morgan fingerprint density at radius 3 is 1.44 bits per heavy atom. The number of rotatable bonds is 0. The molecule has 1 aromatic carbocycles. The summed E-state index contributed by atoms with van der Waals surface area (Å²) in [4.78, 5) is 1.21. The Balaban J connectivity index is 0.000000360. The van der Waals surface area contributed by atoms with Crippen LogP contribution in [0.2, 0.25) is 0 Å². The predicted molar refractivity (Wildman–Crippen MR) is 67.4 cm³/mol. The van der Waals surface area contributed by atoms with Gasteiger partial charge < -0.3 is 0 Å².